The van der Waals surface area contributed by atoms with Gasteiger partial charge in [-0.15, -0.1) is 0 Å². The fourth-order valence-electron chi connectivity index (χ4n) is 3.20. The summed E-state index contributed by atoms with van der Waals surface area (Å²) in [6.07, 6.45) is 1.66. The first-order valence-electron chi connectivity index (χ1n) is 8.02. The molecule has 0 fully saturated rings. The fourth-order valence-corrected chi connectivity index (χ4v) is 3.20. The van der Waals surface area contributed by atoms with E-state index in [1.807, 2.05) is 6.92 Å². The number of hydrogen-bond donors (Lipinski definition) is 2. The third kappa shape index (κ3) is 2.67. The van der Waals surface area contributed by atoms with Gasteiger partial charge in [0.1, 0.15) is 23.1 Å². The number of anilines is 1. The topological polar surface area (TPSA) is 97.8 Å². The monoisotopic (exact) mass is 340 g/mol. The molecule has 3 heterocycles. The molecule has 7 nitrogen and oxygen atoms in total. The number of aromatic nitrogens is 1. The number of carbonyl (C=O) groups excluding carboxylic acids is 1. The summed E-state index contributed by atoms with van der Waals surface area (Å²) < 4.78 is 11.5. The van der Waals surface area contributed by atoms with Gasteiger partial charge >= 0.3 is 5.97 Å². The average molecular weight is 340 g/mol. The highest BCUT2D eigenvalue weighted by Gasteiger charge is 2.36. The molecule has 2 aliphatic rings. The standard InChI is InChI=1S/C18H16N2O5/c1-9-12-8-10(2-4-13(12)25-16(9)18(22)23)24-14-6-7-19-17-11(14)3-5-15(21)20-17/h2,4,6-9,16H,3,5H2,1H3,(H,22,23)(H,19,20,21). The molecule has 1 aromatic carbocycles. The number of fused-ring (bicyclic) bond motifs is 2. The number of pyridine rings is 1. The van der Waals surface area contributed by atoms with Crippen molar-refractivity contribution in [2.75, 3.05) is 5.32 Å². The lowest BCUT2D eigenvalue weighted by Gasteiger charge is -2.19. The van der Waals surface area contributed by atoms with Crippen LogP contribution in [0.3, 0.4) is 0 Å². The molecule has 2 N–H and O–H groups in total. The minimum absolute atomic E-state index is 0.0552. The van der Waals surface area contributed by atoms with Crippen molar-refractivity contribution in [3.8, 4) is 17.2 Å². The van der Waals surface area contributed by atoms with E-state index in [4.69, 9.17) is 9.47 Å². The van der Waals surface area contributed by atoms with Gasteiger partial charge in [-0.2, -0.15) is 0 Å². The molecular formula is C18H16N2O5. The molecule has 25 heavy (non-hydrogen) atoms. The second-order valence-electron chi connectivity index (χ2n) is 6.15. The Kier molecular flexibility index (Phi) is 3.56. The van der Waals surface area contributed by atoms with E-state index in [2.05, 4.69) is 10.3 Å². The van der Waals surface area contributed by atoms with Crippen molar-refractivity contribution in [3.05, 3.63) is 41.6 Å². The van der Waals surface area contributed by atoms with E-state index >= 15 is 0 Å². The first-order chi connectivity index (χ1) is 12.0. The van der Waals surface area contributed by atoms with Crippen molar-refractivity contribution in [1.82, 2.24) is 4.98 Å². The third-order valence-electron chi connectivity index (χ3n) is 4.52. The summed E-state index contributed by atoms with van der Waals surface area (Å²) in [5.41, 5.74) is 1.66. The van der Waals surface area contributed by atoms with E-state index < -0.39 is 12.1 Å². The third-order valence-corrected chi connectivity index (χ3v) is 4.52. The van der Waals surface area contributed by atoms with Gasteiger partial charge in [0.15, 0.2) is 0 Å². The van der Waals surface area contributed by atoms with Gasteiger partial charge in [-0.25, -0.2) is 9.78 Å². The quantitative estimate of drug-likeness (QED) is 0.891. The van der Waals surface area contributed by atoms with Crippen LogP contribution in [0, 0.1) is 0 Å². The van der Waals surface area contributed by atoms with Gasteiger partial charge < -0.3 is 19.9 Å². The SMILES string of the molecule is CC1c2cc(Oc3ccnc4c3CCC(=O)N4)ccc2OC1C(=O)O. The summed E-state index contributed by atoms with van der Waals surface area (Å²) in [6, 6.07) is 7.02. The second-order valence-corrected chi connectivity index (χ2v) is 6.15. The summed E-state index contributed by atoms with van der Waals surface area (Å²) in [5.74, 6) is 1.01. The molecule has 0 bridgehead atoms. The molecular weight excluding hydrogens is 324 g/mol. The molecule has 4 rings (SSSR count). The first kappa shape index (κ1) is 15.4. The molecule has 1 amide bonds. The van der Waals surface area contributed by atoms with Crippen LogP contribution in [0.15, 0.2) is 30.5 Å². The Morgan fingerprint density at radius 2 is 2.20 bits per heavy atom. The summed E-state index contributed by atoms with van der Waals surface area (Å²) in [6.45, 7) is 1.82. The van der Waals surface area contributed by atoms with E-state index in [0.717, 1.165) is 11.1 Å². The molecule has 0 radical (unpaired) electrons. The van der Waals surface area contributed by atoms with Crippen LogP contribution < -0.4 is 14.8 Å². The maximum Gasteiger partial charge on any atom is 0.345 e. The summed E-state index contributed by atoms with van der Waals surface area (Å²) in [4.78, 5) is 26.9. The number of rotatable bonds is 3. The highest BCUT2D eigenvalue weighted by molar-refractivity contribution is 5.93. The Bertz CT molecular complexity index is 880. The van der Waals surface area contributed by atoms with E-state index in [1.165, 1.54) is 0 Å². The molecule has 0 aliphatic carbocycles. The molecule has 0 saturated heterocycles. The van der Waals surface area contributed by atoms with Crippen LogP contribution in [0.1, 0.15) is 30.4 Å². The molecule has 2 unspecified atom stereocenters. The lowest BCUT2D eigenvalue weighted by atomic mass is 9.97. The number of carboxylic acids is 1. The number of carbonyl (C=O) groups is 2. The Balaban J connectivity index is 1.63. The number of carboxylic acid groups (broad SMARTS) is 1. The van der Waals surface area contributed by atoms with Crippen molar-refractivity contribution in [2.45, 2.75) is 31.8 Å². The van der Waals surface area contributed by atoms with E-state index in [9.17, 15) is 14.7 Å². The predicted molar refractivity (Wildman–Crippen MR) is 88.2 cm³/mol. The zero-order valence-electron chi connectivity index (χ0n) is 13.5. The molecule has 0 spiro atoms. The predicted octanol–water partition coefficient (Wildman–Crippen LogP) is 2.71. The number of hydrogen-bond acceptors (Lipinski definition) is 5. The van der Waals surface area contributed by atoms with Gasteiger partial charge in [0.2, 0.25) is 12.0 Å². The van der Waals surface area contributed by atoms with Gasteiger partial charge in [-0.3, -0.25) is 4.79 Å². The maximum atomic E-state index is 11.5. The zero-order chi connectivity index (χ0) is 17.6. The Labute approximate surface area is 143 Å². The van der Waals surface area contributed by atoms with Gasteiger partial charge in [-0.1, -0.05) is 6.92 Å². The number of ether oxygens (including phenoxy) is 2. The minimum Gasteiger partial charge on any atom is -0.478 e. The van der Waals surface area contributed by atoms with Crippen molar-refractivity contribution < 1.29 is 24.2 Å². The Morgan fingerprint density at radius 3 is 3.00 bits per heavy atom. The Hall–Kier alpha value is -3.09. The van der Waals surface area contributed by atoms with E-state index in [1.54, 1.807) is 30.5 Å². The van der Waals surface area contributed by atoms with E-state index in [0.29, 0.717) is 35.9 Å². The summed E-state index contributed by atoms with van der Waals surface area (Å²) in [7, 11) is 0. The van der Waals surface area contributed by atoms with Crippen LogP contribution in [0.25, 0.3) is 0 Å². The van der Waals surface area contributed by atoms with Crippen molar-refractivity contribution in [3.63, 3.8) is 0 Å². The average Bonchev–Trinajstić information content (AvgIpc) is 2.92. The van der Waals surface area contributed by atoms with Crippen LogP contribution in [-0.2, 0) is 16.0 Å². The summed E-state index contributed by atoms with van der Waals surface area (Å²) >= 11 is 0. The number of benzene rings is 1. The zero-order valence-corrected chi connectivity index (χ0v) is 13.5. The molecule has 1 aromatic heterocycles. The van der Waals surface area contributed by atoms with Gasteiger partial charge in [0.25, 0.3) is 0 Å². The maximum absolute atomic E-state index is 11.5. The number of nitrogens with one attached hydrogen (secondary N) is 1. The summed E-state index contributed by atoms with van der Waals surface area (Å²) in [5, 5.41) is 12.0. The van der Waals surface area contributed by atoms with E-state index in [-0.39, 0.29) is 11.8 Å². The fraction of sp³-hybridized carbons (Fsp3) is 0.278. The molecule has 128 valence electrons. The van der Waals surface area contributed by atoms with Crippen molar-refractivity contribution in [1.29, 1.82) is 0 Å². The van der Waals surface area contributed by atoms with Gasteiger partial charge in [-0.05, 0) is 30.7 Å². The molecule has 2 atom stereocenters. The van der Waals surface area contributed by atoms with Crippen LogP contribution >= 0.6 is 0 Å². The lowest BCUT2D eigenvalue weighted by Crippen LogP contribution is -2.27. The van der Waals surface area contributed by atoms with Crippen LogP contribution in [-0.4, -0.2) is 28.1 Å². The number of nitrogens with zero attached hydrogens (tertiary/aromatic N) is 1. The number of amides is 1. The van der Waals surface area contributed by atoms with Gasteiger partial charge in [0, 0.05) is 29.7 Å². The van der Waals surface area contributed by atoms with Crippen LogP contribution in [0.4, 0.5) is 5.82 Å². The molecule has 2 aliphatic heterocycles. The largest absolute Gasteiger partial charge is 0.478 e. The normalized spacial score (nSPS) is 20.9. The molecule has 7 heteroatoms. The highest BCUT2D eigenvalue weighted by atomic mass is 16.5. The second kappa shape index (κ2) is 5.77. The molecule has 0 saturated carbocycles. The minimum atomic E-state index is -0.981. The first-order valence-corrected chi connectivity index (χ1v) is 8.02. The van der Waals surface area contributed by atoms with Gasteiger partial charge in [0.05, 0.1) is 0 Å². The van der Waals surface area contributed by atoms with Crippen LogP contribution in [0.5, 0.6) is 17.2 Å². The molecule has 2 aromatic rings. The van der Waals surface area contributed by atoms with Crippen LogP contribution in [0.2, 0.25) is 0 Å². The highest BCUT2D eigenvalue weighted by Crippen LogP contribution is 2.41. The van der Waals surface area contributed by atoms with Crippen molar-refractivity contribution >= 4 is 17.7 Å². The number of aliphatic carboxylic acids is 1. The smallest absolute Gasteiger partial charge is 0.345 e. The lowest BCUT2D eigenvalue weighted by molar-refractivity contribution is -0.145. The Morgan fingerprint density at radius 1 is 1.36 bits per heavy atom. The van der Waals surface area contributed by atoms with Crippen molar-refractivity contribution in [2.24, 2.45) is 0 Å².